The van der Waals surface area contributed by atoms with Crippen molar-refractivity contribution in [1.82, 2.24) is 25.1 Å². The molecule has 3 rings (SSSR count). The van der Waals surface area contributed by atoms with E-state index >= 15 is 0 Å². The summed E-state index contributed by atoms with van der Waals surface area (Å²) in [4.78, 5) is 0.854. The Balaban J connectivity index is 1.73. The largest absolute Gasteiger partial charge is 0.370 e. The van der Waals surface area contributed by atoms with E-state index in [2.05, 4.69) is 34.5 Å². The predicted octanol–water partition coefficient (Wildman–Crippen LogP) is 1.78. The molecule has 6 nitrogen and oxygen atoms in total. The summed E-state index contributed by atoms with van der Waals surface area (Å²) < 4.78 is 7.49. The van der Waals surface area contributed by atoms with E-state index in [1.54, 1.807) is 11.3 Å². The molecule has 3 heterocycles. The summed E-state index contributed by atoms with van der Waals surface area (Å²) in [6, 6.07) is 0. The molecule has 2 aromatic rings. The third-order valence-corrected chi connectivity index (χ3v) is 4.00. The van der Waals surface area contributed by atoms with Crippen LogP contribution in [0.2, 0.25) is 0 Å². The van der Waals surface area contributed by atoms with Crippen LogP contribution in [0.3, 0.4) is 0 Å². The summed E-state index contributed by atoms with van der Waals surface area (Å²) >= 11 is 1.59. The molecule has 0 spiro atoms. The van der Waals surface area contributed by atoms with Crippen LogP contribution in [0.1, 0.15) is 43.6 Å². The third-order valence-electron chi connectivity index (χ3n) is 3.10. The highest BCUT2D eigenvalue weighted by molar-refractivity contribution is 7.16. The number of ether oxygens (including phenoxy) is 1. The molecule has 7 heteroatoms. The Bertz CT molecular complexity index is 543. The van der Waals surface area contributed by atoms with E-state index in [4.69, 9.17) is 4.74 Å². The summed E-state index contributed by atoms with van der Waals surface area (Å²) in [5.74, 6) is 1.49. The third kappa shape index (κ3) is 2.77. The fourth-order valence-electron chi connectivity index (χ4n) is 2.19. The molecule has 1 aliphatic rings. The minimum atomic E-state index is 0.0635. The maximum atomic E-state index is 5.65. The van der Waals surface area contributed by atoms with E-state index in [1.165, 1.54) is 0 Å². The Morgan fingerprint density at radius 1 is 1.47 bits per heavy atom. The van der Waals surface area contributed by atoms with Gasteiger partial charge in [-0.2, -0.15) is 9.61 Å². The number of rotatable bonds is 5. The number of fused-ring (bicyclic) bond motifs is 1. The van der Waals surface area contributed by atoms with E-state index in [0.717, 1.165) is 48.3 Å². The van der Waals surface area contributed by atoms with E-state index in [1.807, 2.05) is 4.52 Å². The van der Waals surface area contributed by atoms with Crippen molar-refractivity contribution in [1.29, 1.82) is 0 Å². The van der Waals surface area contributed by atoms with Gasteiger partial charge in [-0.1, -0.05) is 25.2 Å². The topological polar surface area (TPSA) is 64.3 Å². The van der Waals surface area contributed by atoms with Gasteiger partial charge in [-0.05, 0) is 25.3 Å². The minimum absolute atomic E-state index is 0.0635. The fraction of sp³-hybridized carbons (Fsp3) is 0.750. The second kappa shape index (κ2) is 5.52. The van der Waals surface area contributed by atoms with Gasteiger partial charge >= 0.3 is 0 Å². The van der Waals surface area contributed by atoms with Crippen LogP contribution in [0.15, 0.2) is 0 Å². The summed E-state index contributed by atoms with van der Waals surface area (Å²) in [5, 5.41) is 17.4. The Labute approximate surface area is 116 Å². The van der Waals surface area contributed by atoms with Gasteiger partial charge in [0, 0.05) is 13.2 Å². The lowest BCUT2D eigenvalue weighted by atomic mass is 10.2. The average Bonchev–Trinajstić information content (AvgIpc) is 3.01. The highest BCUT2D eigenvalue weighted by atomic mass is 32.1. The number of nitrogens with zero attached hydrogens (tertiary/aromatic N) is 4. The van der Waals surface area contributed by atoms with Crippen molar-refractivity contribution >= 4 is 16.3 Å². The van der Waals surface area contributed by atoms with Crippen LogP contribution in [0.25, 0.3) is 4.96 Å². The first-order valence-corrected chi connectivity index (χ1v) is 7.59. The predicted molar refractivity (Wildman–Crippen MR) is 73.1 cm³/mol. The van der Waals surface area contributed by atoms with Gasteiger partial charge in [-0.3, -0.25) is 0 Å². The molecule has 0 bridgehead atoms. The zero-order chi connectivity index (χ0) is 13.2. The van der Waals surface area contributed by atoms with Crippen LogP contribution in [-0.4, -0.2) is 33.0 Å². The Hall–Kier alpha value is -1.05. The van der Waals surface area contributed by atoms with Gasteiger partial charge in [0.15, 0.2) is 5.82 Å². The molecule has 1 fully saturated rings. The first-order chi connectivity index (χ1) is 9.24. The van der Waals surface area contributed by atoms with Gasteiger partial charge in [0.05, 0.1) is 0 Å². The fourth-order valence-corrected chi connectivity index (χ4v) is 3.00. The second-order valence-corrected chi connectivity index (χ2v) is 6.32. The van der Waals surface area contributed by atoms with Crippen LogP contribution in [0, 0.1) is 5.92 Å². The van der Waals surface area contributed by atoms with Crippen LogP contribution in [-0.2, 0) is 11.3 Å². The van der Waals surface area contributed by atoms with Gasteiger partial charge < -0.3 is 10.1 Å². The van der Waals surface area contributed by atoms with Crippen molar-refractivity contribution in [3.8, 4) is 0 Å². The van der Waals surface area contributed by atoms with Gasteiger partial charge in [0.2, 0.25) is 4.96 Å². The summed E-state index contributed by atoms with van der Waals surface area (Å²) in [6.45, 7) is 6.99. The normalized spacial score (nSPS) is 19.8. The molecule has 1 saturated heterocycles. The van der Waals surface area contributed by atoms with Crippen LogP contribution < -0.4 is 5.32 Å². The smallest absolute Gasteiger partial charge is 0.234 e. The standard InChI is InChI=1S/C12H19N5OS/c1-8(2)6-13-7-10-16-17-11(9-4-3-5-18-9)14-15-12(17)19-10/h8-9,13H,3-7H2,1-2H3. The van der Waals surface area contributed by atoms with Crippen molar-refractivity contribution in [2.75, 3.05) is 13.2 Å². The van der Waals surface area contributed by atoms with Crippen molar-refractivity contribution in [2.45, 2.75) is 39.3 Å². The molecule has 1 unspecified atom stereocenters. The Morgan fingerprint density at radius 3 is 3.11 bits per heavy atom. The van der Waals surface area contributed by atoms with E-state index < -0.39 is 0 Å². The molecular weight excluding hydrogens is 262 g/mol. The monoisotopic (exact) mass is 281 g/mol. The molecule has 1 aliphatic heterocycles. The summed E-state index contributed by atoms with van der Waals surface area (Å²) in [7, 11) is 0. The van der Waals surface area contributed by atoms with Crippen LogP contribution >= 0.6 is 11.3 Å². The molecule has 0 saturated carbocycles. The maximum Gasteiger partial charge on any atom is 0.234 e. The molecule has 0 amide bonds. The molecular formula is C12H19N5OS. The van der Waals surface area contributed by atoms with Crippen LogP contribution in [0.4, 0.5) is 0 Å². The molecule has 0 aliphatic carbocycles. The first-order valence-electron chi connectivity index (χ1n) is 6.77. The molecule has 2 aromatic heterocycles. The second-order valence-electron chi connectivity index (χ2n) is 5.27. The van der Waals surface area contributed by atoms with Crippen molar-refractivity contribution < 1.29 is 4.74 Å². The van der Waals surface area contributed by atoms with Crippen molar-refractivity contribution in [2.24, 2.45) is 5.92 Å². The zero-order valence-corrected chi connectivity index (χ0v) is 12.1. The number of hydrogen-bond donors (Lipinski definition) is 1. The molecule has 1 N–H and O–H groups in total. The SMILES string of the molecule is CC(C)CNCc1nn2c(C3CCCO3)nnc2s1. The van der Waals surface area contributed by atoms with E-state index in [-0.39, 0.29) is 6.10 Å². The molecule has 1 atom stereocenters. The van der Waals surface area contributed by atoms with Gasteiger partial charge in [0.1, 0.15) is 11.1 Å². The number of nitrogens with one attached hydrogen (secondary N) is 1. The minimum Gasteiger partial charge on any atom is -0.370 e. The zero-order valence-electron chi connectivity index (χ0n) is 11.3. The average molecular weight is 281 g/mol. The quantitative estimate of drug-likeness (QED) is 0.905. The van der Waals surface area contributed by atoms with Crippen LogP contribution in [0.5, 0.6) is 0 Å². The van der Waals surface area contributed by atoms with E-state index in [0.29, 0.717) is 5.92 Å². The van der Waals surface area contributed by atoms with Gasteiger partial charge in [-0.25, -0.2) is 0 Å². The first kappa shape index (κ1) is 13.0. The lowest BCUT2D eigenvalue weighted by Gasteiger charge is -2.05. The summed E-state index contributed by atoms with van der Waals surface area (Å²) in [5.41, 5.74) is 0. The summed E-state index contributed by atoms with van der Waals surface area (Å²) in [6.07, 6.45) is 2.17. The van der Waals surface area contributed by atoms with Gasteiger partial charge in [0.25, 0.3) is 0 Å². The van der Waals surface area contributed by atoms with Crippen molar-refractivity contribution in [3.05, 3.63) is 10.8 Å². The molecule has 0 radical (unpaired) electrons. The number of aromatic nitrogens is 4. The maximum absolute atomic E-state index is 5.65. The number of hydrogen-bond acceptors (Lipinski definition) is 6. The highest BCUT2D eigenvalue weighted by Gasteiger charge is 2.24. The van der Waals surface area contributed by atoms with E-state index in [9.17, 15) is 0 Å². The van der Waals surface area contributed by atoms with Crippen molar-refractivity contribution in [3.63, 3.8) is 0 Å². The Morgan fingerprint density at radius 2 is 2.37 bits per heavy atom. The van der Waals surface area contributed by atoms with Gasteiger partial charge in [-0.15, -0.1) is 10.2 Å². The molecule has 0 aromatic carbocycles. The lowest BCUT2D eigenvalue weighted by molar-refractivity contribution is 0.103. The highest BCUT2D eigenvalue weighted by Crippen LogP contribution is 2.28. The Kier molecular flexibility index (Phi) is 3.76. The molecule has 19 heavy (non-hydrogen) atoms. The molecule has 104 valence electrons. The lowest BCUT2D eigenvalue weighted by Crippen LogP contribution is -2.19.